The third-order valence-electron chi connectivity index (χ3n) is 3.44. The summed E-state index contributed by atoms with van der Waals surface area (Å²) in [6, 6.07) is 6.25. The van der Waals surface area contributed by atoms with Crippen LogP contribution in [0.3, 0.4) is 0 Å². The Morgan fingerprint density at radius 1 is 1.39 bits per heavy atom. The minimum Gasteiger partial charge on any atom is -0.381 e. The van der Waals surface area contributed by atoms with Gasteiger partial charge in [-0.25, -0.2) is 0 Å². The van der Waals surface area contributed by atoms with E-state index in [4.69, 9.17) is 27.9 Å². The molecule has 0 unspecified atom stereocenters. The van der Waals surface area contributed by atoms with Crippen molar-refractivity contribution in [2.24, 2.45) is 5.92 Å². The zero-order chi connectivity index (χ0) is 13.0. The van der Waals surface area contributed by atoms with Crippen LogP contribution >= 0.6 is 23.2 Å². The van der Waals surface area contributed by atoms with Gasteiger partial charge in [-0.3, -0.25) is 0 Å². The van der Waals surface area contributed by atoms with Crippen molar-refractivity contribution < 1.29 is 4.74 Å². The first-order valence-corrected chi connectivity index (χ1v) is 7.21. The van der Waals surface area contributed by atoms with Crippen LogP contribution in [0.1, 0.15) is 18.9 Å². The number of ether oxygens (including phenoxy) is 1. The van der Waals surface area contributed by atoms with E-state index in [2.05, 4.69) is 12.2 Å². The van der Waals surface area contributed by atoms with E-state index >= 15 is 0 Å². The molecule has 1 aliphatic heterocycles. The van der Waals surface area contributed by atoms with Crippen molar-refractivity contribution in [3.8, 4) is 0 Å². The van der Waals surface area contributed by atoms with Crippen LogP contribution in [-0.4, -0.2) is 25.8 Å². The van der Waals surface area contributed by atoms with Gasteiger partial charge >= 0.3 is 0 Å². The molecular weight excluding hydrogens is 269 g/mol. The molecule has 4 heteroatoms. The topological polar surface area (TPSA) is 21.3 Å². The van der Waals surface area contributed by atoms with Crippen LogP contribution in [0.25, 0.3) is 0 Å². The number of rotatable bonds is 4. The lowest BCUT2D eigenvalue weighted by Gasteiger charge is -2.32. The normalized spacial score (nSPS) is 24.2. The predicted molar refractivity (Wildman–Crippen MR) is 76.6 cm³/mol. The van der Waals surface area contributed by atoms with Crippen molar-refractivity contribution in [3.05, 3.63) is 33.8 Å². The second kappa shape index (κ2) is 6.76. The molecule has 0 saturated carbocycles. The molecular formula is C14H19Cl2NO. The monoisotopic (exact) mass is 287 g/mol. The van der Waals surface area contributed by atoms with Crippen LogP contribution in [0.2, 0.25) is 10.0 Å². The lowest BCUT2D eigenvalue weighted by atomic mass is 9.89. The van der Waals surface area contributed by atoms with Crippen LogP contribution in [0.15, 0.2) is 18.2 Å². The SMILES string of the molecule is CCN[C@@H]1CCOC[C@@H]1Cc1ccc(Cl)cc1Cl. The van der Waals surface area contributed by atoms with Gasteiger partial charge in [-0.2, -0.15) is 0 Å². The van der Waals surface area contributed by atoms with Gasteiger partial charge in [-0.15, -0.1) is 0 Å². The predicted octanol–water partition coefficient (Wildman–Crippen LogP) is 3.55. The van der Waals surface area contributed by atoms with Crippen LogP contribution in [0.4, 0.5) is 0 Å². The van der Waals surface area contributed by atoms with E-state index in [1.807, 2.05) is 18.2 Å². The lowest BCUT2D eigenvalue weighted by molar-refractivity contribution is 0.0327. The van der Waals surface area contributed by atoms with Crippen molar-refractivity contribution in [2.75, 3.05) is 19.8 Å². The van der Waals surface area contributed by atoms with E-state index in [0.29, 0.717) is 17.0 Å². The van der Waals surface area contributed by atoms with E-state index < -0.39 is 0 Å². The van der Waals surface area contributed by atoms with Crippen LogP contribution in [0.5, 0.6) is 0 Å². The Balaban J connectivity index is 2.06. The first kappa shape index (κ1) is 14.1. The average molecular weight is 288 g/mol. The number of benzene rings is 1. The van der Waals surface area contributed by atoms with Crippen molar-refractivity contribution in [1.82, 2.24) is 5.32 Å². The third-order valence-corrected chi connectivity index (χ3v) is 4.02. The van der Waals surface area contributed by atoms with Gasteiger partial charge < -0.3 is 10.1 Å². The molecule has 0 amide bonds. The largest absolute Gasteiger partial charge is 0.381 e. The van der Waals surface area contributed by atoms with Crippen molar-refractivity contribution in [2.45, 2.75) is 25.8 Å². The highest BCUT2D eigenvalue weighted by atomic mass is 35.5. The molecule has 100 valence electrons. The highest BCUT2D eigenvalue weighted by Crippen LogP contribution is 2.26. The Morgan fingerprint density at radius 3 is 2.94 bits per heavy atom. The van der Waals surface area contributed by atoms with Crippen LogP contribution < -0.4 is 5.32 Å². The second-order valence-electron chi connectivity index (χ2n) is 4.73. The summed E-state index contributed by atoms with van der Waals surface area (Å²) in [4.78, 5) is 0. The van der Waals surface area contributed by atoms with Crippen molar-refractivity contribution >= 4 is 23.2 Å². The van der Waals surface area contributed by atoms with Crippen molar-refractivity contribution in [1.29, 1.82) is 0 Å². The summed E-state index contributed by atoms with van der Waals surface area (Å²) in [5.41, 5.74) is 1.15. The maximum Gasteiger partial charge on any atom is 0.0512 e. The summed E-state index contributed by atoms with van der Waals surface area (Å²) in [6.45, 7) is 4.79. The second-order valence-corrected chi connectivity index (χ2v) is 5.57. The number of hydrogen-bond donors (Lipinski definition) is 1. The quantitative estimate of drug-likeness (QED) is 0.914. The van der Waals surface area contributed by atoms with Gasteiger partial charge in [0.25, 0.3) is 0 Å². The summed E-state index contributed by atoms with van der Waals surface area (Å²) in [5.74, 6) is 0.484. The molecule has 1 saturated heterocycles. The van der Waals surface area contributed by atoms with Gasteiger partial charge in [0, 0.05) is 28.6 Å². The molecule has 1 aromatic carbocycles. The smallest absolute Gasteiger partial charge is 0.0512 e. The average Bonchev–Trinajstić information content (AvgIpc) is 2.35. The molecule has 0 aromatic heterocycles. The van der Waals surface area contributed by atoms with Gasteiger partial charge in [0.1, 0.15) is 0 Å². The van der Waals surface area contributed by atoms with E-state index in [9.17, 15) is 0 Å². The van der Waals surface area contributed by atoms with Gasteiger partial charge in [-0.05, 0) is 37.1 Å². The Bertz CT molecular complexity index is 395. The molecule has 2 nitrogen and oxygen atoms in total. The molecule has 2 atom stereocenters. The fourth-order valence-electron chi connectivity index (χ4n) is 2.50. The Hall–Kier alpha value is -0.280. The summed E-state index contributed by atoms with van der Waals surface area (Å²) in [5, 5.41) is 4.98. The van der Waals surface area contributed by atoms with E-state index in [0.717, 1.165) is 43.2 Å². The minimum absolute atomic E-state index is 0.484. The van der Waals surface area contributed by atoms with Crippen LogP contribution in [-0.2, 0) is 11.2 Å². The maximum atomic E-state index is 6.23. The Morgan fingerprint density at radius 2 is 2.22 bits per heavy atom. The van der Waals surface area contributed by atoms with E-state index in [1.54, 1.807) is 0 Å². The summed E-state index contributed by atoms with van der Waals surface area (Å²) < 4.78 is 5.59. The molecule has 1 N–H and O–H groups in total. The molecule has 0 spiro atoms. The fraction of sp³-hybridized carbons (Fsp3) is 0.571. The highest BCUT2D eigenvalue weighted by molar-refractivity contribution is 6.35. The number of hydrogen-bond acceptors (Lipinski definition) is 2. The lowest BCUT2D eigenvalue weighted by Crippen LogP contribution is -2.43. The molecule has 2 rings (SSSR count). The van der Waals surface area contributed by atoms with Gasteiger partial charge in [0.2, 0.25) is 0 Å². The van der Waals surface area contributed by atoms with Crippen LogP contribution in [0, 0.1) is 5.92 Å². The zero-order valence-electron chi connectivity index (χ0n) is 10.6. The molecule has 1 fully saturated rings. The Kier molecular flexibility index (Phi) is 5.31. The first-order chi connectivity index (χ1) is 8.70. The Labute approximate surface area is 119 Å². The number of halogens is 2. The summed E-state index contributed by atoms with van der Waals surface area (Å²) in [7, 11) is 0. The van der Waals surface area contributed by atoms with E-state index in [-0.39, 0.29) is 0 Å². The molecule has 0 bridgehead atoms. The summed E-state index contributed by atoms with van der Waals surface area (Å²) in [6.07, 6.45) is 2.01. The molecule has 0 aliphatic carbocycles. The number of nitrogens with one attached hydrogen (secondary N) is 1. The minimum atomic E-state index is 0.484. The standard InChI is InChI=1S/C14H19Cl2NO/c1-2-17-14-5-6-18-9-11(14)7-10-3-4-12(15)8-13(10)16/h3-4,8,11,14,17H,2,5-7,9H2,1H3/t11-,14+/m0/s1. The van der Waals surface area contributed by atoms with E-state index in [1.165, 1.54) is 0 Å². The van der Waals surface area contributed by atoms with Gasteiger partial charge in [-0.1, -0.05) is 36.2 Å². The highest BCUT2D eigenvalue weighted by Gasteiger charge is 2.25. The third kappa shape index (κ3) is 3.61. The maximum absolute atomic E-state index is 6.23. The fourth-order valence-corrected chi connectivity index (χ4v) is 2.98. The molecule has 1 aliphatic rings. The molecule has 18 heavy (non-hydrogen) atoms. The molecule has 0 radical (unpaired) electrons. The van der Waals surface area contributed by atoms with Gasteiger partial charge in [0.15, 0.2) is 0 Å². The van der Waals surface area contributed by atoms with Gasteiger partial charge in [0.05, 0.1) is 6.61 Å². The molecule has 1 aromatic rings. The van der Waals surface area contributed by atoms with Crippen molar-refractivity contribution in [3.63, 3.8) is 0 Å². The zero-order valence-corrected chi connectivity index (χ0v) is 12.1. The summed E-state index contributed by atoms with van der Waals surface area (Å²) >= 11 is 12.1. The molecule has 1 heterocycles. The first-order valence-electron chi connectivity index (χ1n) is 6.45.